The lowest BCUT2D eigenvalue weighted by Crippen LogP contribution is -2.33. The average molecular weight is 543 g/mol. The van der Waals surface area contributed by atoms with Crippen LogP contribution in [0.4, 0.5) is 5.82 Å². The lowest BCUT2D eigenvalue weighted by atomic mass is 10.1. The number of aliphatic hydroxyl groups excluding tert-OH is 4. The van der Waals surface area contributed by atoms with Gasteiger partial charge in [-0.05, 0) is 6.92 Å². The van der Waals surface area contributed by atoms with E-state index in [1.54, 1.807) is 6.92 Å². The molecule has 0 radical (unpaired) electrons. The molecule has 1 aliphatic heterocycles. The van der Waals surface area contributed by atoms with Crippen molar-refractivity contribution in [3.8, 4) is 5.95 Å². The number of aliphatic imine (C=N–C) groups is 1. The van der Waals surface area contributed by atoms with Gasteiger partial charge in [-0.25, -0.2) is 24.2 Å². The van der Waals surface area contributed by atoms with Crippen molar-refractivity contribution >= 4 is 35.1 Å². The van der Waals surface area contributed by atoms with Crippen molar-refractivity contribution in [2.45, 2.75) is 31.5 Å². The highest BCUT2D eigenvalue weighted by atomic mass is 16.6. The van der Waals surface area contributed by atoms with E-state index in [-0.39, 0.29) is 47.3 Å². The highest BCUT2D eigenvalue weighted by Gasteiger charge is 2.44. The molecule has 4 atom stereocenters. The molecule has 16 heteroatoms. The van der Waals surface area contributed by atoms with Crippen LogP contribution in [-0.4, -0.2) is 106 Å². The third kappa shape index (κ3) is 5.53. The molecule has 3 aromatic heterocycles. The maximum absolute atomic E-state index is 12.2. The number of hydrogen-bond donors (Lipinski definition) is 4. The van der Waals surface area contributed by atoms with Crippen LogP contribution < -0.4 is 0 Å². The van der Waals surface area contributed by atoms with Gasteiger partial charge in [-0.1, -0.05) is 12.7 Å². The van der Waals surface area contributed by atoms with Crippen LogP contribution in [0, 0.1) is 0 Å². The molecular weight excluding hydrogens is 518 g/mol. The van der Waals surface area contributed by atoms with E-state index < -0.39 is 43.1 Å². The number of ether oxygens (including phenoxy) is 3. The van der Waals surface area contributed by atoms with Crippen LogP contribution in [0.2, 0.25) is 0 Å². The lowest BCUT2D eigenvalue weighted by molar-refractivity contribution is -0.137. The molecule has 0 bridgehead atoms. The highest BCUT2D eigenvalue weighted by Crippen LogP contribution is 2.33. The van der Waals surface area contributed by atoms with Crippen LogP contribution in [0.5, 0.6) is 0 Å². The number of fused-ring (bicyclic) bond motifs is 1. The topological polar surface area (TPSA) is 217 Å². The van der Waals surface area contributed by atoms with Crippen LogP contribution in [-0.2, 0) is 19.0 Å². The summed E-state index contributed by atoms with van der Waals surface area (Å²) in [6, 6.07) is 0. The van der Waals surface area contributed by atoms with Gasteiger partial charge in [-0.15, -0.1) is 0 Å². The monoisotopic (exact) mass is 543 g/mol. The van der Waals surface area contributed by atoms with E-state index in [2.05, 4.69) is 31.6 Å². The minimum absolute atomic E-state index is 0.00387. The third-order valence-corrected chi connectivity index (χ3v) is 5.51. The molecule has 4 N–H and O–H groups in total. The first-order chi connectivity index (χ1) is 18.8. The Kier molecular flexibility index (Phi) is 8.40. The third-order valence-electron chi connectivity index (χ3n) is 5.51. The Bertz CT molecular complexity index is 1430. The second kappa shape index (κ2) is 11.9. The number of aromatic nitrogens is 6. The van der Waals surface area contributed by atoms with Gasteiger partial charge in [-0.3, -0.25) is 4.57 Å². The molecule has 16 nitrogen and oxygen atoms in total. The fourth-order valence-corrected chi connectivity index (χ4v) is 3.62. The summed E-state index contributed by atoms with van der Waals surface area (Å²) in [5.41, 5.74) is -0.0274. The van der Waals surface area contributed by atoms with Gasteiger partial charge < -0.3 is 34.6 Å². The average Bonchev–Trinajstić information content (AvgIpc) is 3.66. The predicted octanol–water partition coefficient (Wildman–Crippen LogP) is -0.326. The number of imidazole rings is 1. The van der Waals surface area contributed by atoms with Crippen molar-refractivity contribution in [1.82, 2.24) is 29.3 Å². The normalized spacial score (nSPS) is 21.5. The zero-order valence-electron chi connectivity index (χ0n) is 20.6. The van der Waals surface area contributed by atoms with E-state index in [1.807, 2.05) is 0 Å². The van der Waals surface area contributed by atoms with E-state index in [4.69, 9.17) is 14.2 Å². The Hall–Kier alpha value is -4.51. The van der Waals surface area contributed by atoms with Gasteiger partial charge >= 0.3 is 11.9 Å². The van der Waals surface area contributed by atoms with Crippen LogP contribution in [0.3, 0.4) is 0 Å². The van der Waals surface area contributed by atoms with E-state index in [1.165, 1.54) is 29.4 Å². The molecule has 0 amide bonds. The summed E-state index contributed by atoms with van der Waals surface area (Å²) in [5.74, 6) is -1.68. The molecule has 1 fully saturated rings. The number of esters is 2. The molecule has 0 unspecified atom stereocenters. The standard InChI is InChI=1S/C23H25N7O9/c1-3-5-38-21(35)12-7-26-30(8-12)23-27-18(24-6-13(9-31)22(36)37-4-2)15-19(28-23)29(11-25-15)20-17(34)16(33)14(10-32)39-20/h3,6-9,11,14,16-17,20,31-34H,1,4-5,10H2,2H3/t14-,16-,17-,20-/m1/s1. The van der Waals surface area contributed by atoms with Gasteiger partial charge in [0.15, 0.2) is 23.2 Å². The van der Waals surface area contributed by atoms with Crippen molar-refractivity contribution in [2.75, 3.05) is 19.8 Å². The molecule has 4 heterocycles. The lowest BCUT2D eigenvalue weighted by Gasteiger charge is -2.16. The first-order valence-corrected chi connectivity index (χ1v) is 11.6. The molecule has 1 aliphatic rings. The second-order valence-electron chi connectivity index (χ2n) is 8.02. The largest absolute Gasteiger partial charge is 0.515 e. The van der Waals surface area contributed by atoms with E-state index >= 15 is 0 Å². The molecule has 1 saturated heterocycles. The van der Waals surface area contributed by atoms with Crippen LogP contribution in [0.15, 0.2) is 48.2 Å². The summed E-state index contributed by atoms with van der Waals surface area (Å²) in [6.07, 6.45) is 1.69. The Labute approximate surface area is 220 Å². The number of rotatable bonds is 10. The minimum atomic E-state index is -1.44. The van der Waals surface area contributed by atoms with Gasteiger partial charge in [0.1, 0.15) is 30.5 Å². The Morgan fingerprint density at radius 3 is 2.72 bits per heavy atom. The van der Waals surface area contributed by atoms with Gasteiger partial charge in [0.2, 0.25) is 0 Å². The van der Waals surface area contributed by atoms with Gasteiger partial charge in [0.25, 0.3) is 5.95 Å². The van der Waals surface area contributed by atoms with Crippen molar-refractivity contribution in [3.05, 3.63) is 48.8 Å². The Morgan fingerprint density at radius 2 is 2.05 bits per heavy atom. The molecular formula is C23H25N7O9. The zero-order valence-corrected chi connectivity index (χ0v) is 20.6. The molecule has 206 valence electrons. The molecule has 3 aromatic rings. The van der Waals surface area contributed by atoms with Crippen molar-refractivity contribution < 1.29 is 44.2 Å². The summed E-state index contributed by atoms with van der Waals surface area (Å²) in [4.78, 5) is 41.4. The molecule has 0 spiro atoms. The number of hydrogen-bond acceptors (Lipinski definition) is 14. The Morgan fingerprint density at radius 1 is 1.26 bits per heavy atom. The number of aliphatic hydroxyl groups is 4. The molecule has 39 heavy (non-hydrogen) atoms. The van der Waals surface area contributed by atoms with Crippen molar-refractivity contribution in [1.29, 1.82) is 0 Å². The SMILES string of the molecule is C=CCOC(=O)c1cnn(-c2nc(N=CC(=CO)C(=O)OCC)c3ncn([C@@H]4O[C@H](CO)[C@@H](O)[C@H]4O)c3n2)c1. The van der Waals surface area contributed by atoms with E-state index in [0.717, 1.165) is 10.9 Å². The summed E-state index contributed by atoms with van der Waals surface area (Å²) >= 11 is 0. The van der Waals surface area contributed by atoms with Crippen LogP contribution >= 0.6 is 0 Å². The summed E-state index contributed by atoms with van der Waals surface area (Å²) in [5, 5.41) is 43.8. The Balaban J connectivity index is 1.81. The first kappa shape index (κ1) is 27.5. The predicted molar refractivity (Wildman–Crippen MR) is 131 cm³/mol. The van der Waals surface area contributed by atoms with E-state index in [9.17, 15) is 30.0 Å². The van der Waals surface area contributed by atoms with Crippen molar-refractivity contribution in [2.24, 2.45) is 4.99 Å². The second-order valence-corrected chi connectivity index (χ2v) is 8.02. The van der Waals surface area contributed by atoms with Crippen molar-refractivity contribution in [3.63, 3.8) is 0 Å². The summed E-state index contributed by atoms with van der Waals surface area (Å²) in [6.45, 7) is 4.60. The fourth-order valence-electron chi connectivity index (χ4n) is 3.62. The first-order valence-electron chi connectivity index (χ1n) is 11.6. The number of carbonyl (C=O) groups is 2. The number of carbonyl (C=O) groups excluding carboxylic acids is 2. The van der Waals surface area contributed by atoms with Crippen LogP contribution in [0.25, 0.3) is 17.1 Å². The molecule has 0 saturated carbocycles. The van der Waals surface area contributed by atoms with Gasteiger partial charge in [0.05, 0.1) is 37.6 Å². The quantitative estimate of drug-likeness (QED) is 0.0848. The molecule has 0 aliphatic carbocycles. The summed E-state index contributed by atoms with van der Waals surface area (Å²) < 4.78 is 17.9. The zero-order chi connectivity index (χ0) is 28.1. The minimum Gasteiger partial charge on any atom is -0.515 e. The summed E-state index contributed by atoms with van der Waals surface area (Å²) in [7, 11) is 0. The highest BCUT2D eigenvalue weighted by molar-refractivity contribution is 6.10. The maximum Gasteiger partial charge on any atom is 0.342 e. The van der Waals surface area contributed by atoms with Gasteiger partial charge in [-0.2, -0.15) is 15.1 Å². The molecule has 0 aromatic carbocycles. The number of nitrogens with zero attached hydrogens (tertiary/aromatic N) is 7. The van der Waals surface area contributed by atoms with Gasteiger partial charge in [0, 0.05) is 12.4 Å². The fraction of sp³-hybridized carbons (Fsp3) is 0.348. The maximum atomic E-state index is 12.2. The smallest absolute Gasteiger partial charge is 0.342 e. The van der Waals surface area contributed by atoms with Crippen LogP contribution in [0.1, 0.15) is 23.5 Å². The van der Waals surface area contributed by atoms with E-state index in [0.29, 0.717) is 6.26 Å². The molecule has 4 rings (SSSR count).